The van der Waals surface area contributed by atoms with Gasteiger partial charge < -0.3 is 25.0 Å². The summed E-state index contributed by atoms with van der Waals surface area (Å²) in [6, 6.07) is 7.56. The molecule has 0 saturated heterocycles. The number of benzene rings is 2. The van der Waals surface area contributed by atoms with E-state index in [1.807, 2.05) is 6.92 Å². The average Bonchev–Trinajstić information content (AvgIpc) is 3.16. The number of carboxylic acids is 1. The Morgan fingerprint density at radius 3 is 2.49 bits per heavy atom. The first-order chi connectivity index (χ1) is 17.5. The normalized spacial score (nSPS) is 20.8. The van der Waals surface area contributed by atoms with Crippen LogP contribution in [0.4, 0.5) is 5.69 Å². The minimum atomic E-state index is -1.04. The molecule has 0 aliphatic carbocycles. The Morgan fingerprint density at radius 2 is 1.84 bits per heavy atom. The van der Waals surface area contributed by atoms with Crippen molar-refractivity contribution in [3.8, 4) is 11.5 Å². The third-order valence-corrected chi connectivity index (χ3v) is 7.34. The van der Waals surface area contributed by atoms with Crippen molar-refractivity contribution in [3.05, 3.63) is 75.9 Å². The van der Waals surface area contributed by atoms with Crippen LogP contribution in [0.5, 0.6) is 11.5 Å². The summed E-state index contributed by atoms with van der Waals surface area (Å²) < 4.78 is 6.43. The molecule has 2 aromatic rings. The maximum atomic E-state index is 13.2. The molecule has 0 saturated carbocycles. The van der Waals surface area contributed by atoms with Gasteiger partial charge in [-0.1, -0.05) is 23.3 Å². The number of ether oxygens (including phenoxy) is 1. The Morgan fingerprint density at radius 1 is 1.14 bits per heavy atom. The van der Waals surface area contributed by atoms with Gasteiger partial charge in [-0.2, -0.15) is 0 Å². The molecule has 0 spiro atoms. The van der Waals surface area contributed by atoms with Crippen molar-refractivity contribution in [1.82, 2.24) is 0 Å². The zero-order chi connectivity index (χ0) is 26.9. The molecule has 1 amide bonds. The number of carbonyl (C=O) groups is 2. The number of anilines is 1. The van der Waals surface area contributed by atoms with Gasteiger partial charge in [0.25, 0.3) is 5.91 Å². The van der Waals surface area contributed by atoms with Gasteiger partial charge in [0.15, 0.2) is 0 Å². The Labute approximate surface area is 217 Å². The summed E-state index contributed by atoms with van der Waals surface area (Å²) in [4.78, 5) is 26.0. The first kappa shape index (κ1) is 26.5. The Bertz CT molecular complexity index is 1270. The molecule has 37 heavy (non-hydrogen) atoms. The standard InChI is InChI=1S/C30H35NO6/c1-18(2)7-5-8-19(3)9-6-14-30(4)26(33)16-23-25(32)15-22-24(27(23)37-30)17-31(28(22)34)21-12-10-20(11-13-21)29(35)36/h7,9-13,15,26,32-33H,5-6,8,14,16-17H2,1-4H3,(H,35,36)/b19-9+/t26-,30-/m0/s1. The number of aliphatic hydroxyl groups is 1. The number of amides is 1. The van der Waals surface area contributed by atoms with Crippen molar-refractivity contribution in [2.75, 3.05) is 4.90 Å². The van der Waals surface area contributed by atoms with Gasteiger partial charge in [-0.15, -0.1) is 0 Å². The fourth-order valence-electron chi connectivity index (χ4n) is 4.99. The summed E-state index contributed by atoms with van der Waals surface area (Å²) in [6.07, 6.45) is 7.16. The second-order valence-corrected chi connectivity index (χ2v) is 10.5. The molecule has 0 radical (unpaired) electrons. The monoisotopic (exact) mass is 505 g/mol. The number of hydrogen-bond donors (Lipinski definition) is 3. The van der Waals surface area contributed by atoms with E-state index in [-0.39, 0.29) is 30.2 Å². The number of carboxylic acid groups (broad SMARTS) is 1. The maximum Gasteiger partial charge on any atom is 0.335 e. The maximum absolute atomic E-state index is 13.2. The number of aliphatic hydroxyl groups excluding tert-OH is 1. The van der Waals surface area contributed by atoms with E-state index >= 15 is 0 Å². The number of allylic oxidation sites excluding steroid dienone is 4. The minimum Gasteiger partial charge on any atom is -0.508 e. The number of rotatable bonds is 8. The highest BCUT2D eigenvalue weighted by Gasteiger charge is 2.44. The first-order valence-corrected chi connectivity index (χ1v) is 12.7. The number of aromatic carboxylic acids is 1. The van der Waals surface area contributed by atoms with E-state index in [4.69, 9.17) is 9.84 Å². The molecule has 0 unspecified atom stereocenters. The van der Waals surface area contributed by atoms with Crippen molar-refractivity contribution < 1.29 is 29.6 Å². The molecule has 2 aromatic carbocycles. The summed E-state index contributed by atoms with van der Waals surface area (Å²) in [7, 11) is 0. The number of fused-ring (bicyclic) bond motifs is 3. The van der Waals surface area contributed by atoms with Crippen LogP contribution < -0.4 is 9.64 Å². The molecule has 2 aliphatic rings. The molecule has 2 atom stereocenters. The second-order valence-electron chi connectivity index (χ2n) is 10.5. The van der Waals surface area contributed by atoms with Gasteiger partial charge in [0.1, 0.15) is 17.1 Å². The van der Waals surface area contributed by atoms with Crippen LogP contribution in [-0.4, -0.2) is 38.9 Å². The summed E-state index contributed by atoms with van der Waals surface area (Å²) >= 11 is 0. The average molecular weight is 506 g/mol. The lowest BCUT2D eigenvalue weighted by Gasteiger charge is -2.40. The molecule has 196 valence electrons. The lowest BCUT2D eigenvalue weighted by atomic mass is 9.84. The highest BCUT2D eigenvalue weighted by Crippen LogP contribution is 2.47. The van der Waals surface area contributed by atoms with Gasteiger partial charge in [-0.25, -0.2) is 4.79 Å². The molecule has 2 aliphatic heterocycles. The van der Waals surface area contributed by atoms with Gasteiger partial charge in [-0.05, 0) is 83.7 Å². The molecule has 0 aromatic heterocycles. The molecule has 7 nitrogen and oxygen atoms in total. The number of phenolic OH excluding ortho intramolecular Hbond substituents is 1. The molecular formula is C30H35NO6. The predicted octanol–water partition coefficient (Wildman–Crippen LogP) is 5.78. The molecule has 7 heteroatoms. The van der Waals surface area contributed by atoms with Crippen LogP contribution in [-0.2, 0) is 13.0 Å². The zero-order valence-electron chi connectivity index (χ0n) is 21.9. The van der Waals surface area contributed by atoms with Crippen LogP contribution in [0.2, 0.25) is 0 Å². The number of aromatic hydroxyl groups is 1. The fraction of sp³-hybridized carbons (Fsp3) is 0.400. The first-order valence-electron chi connectivity index (χ1n) is 12.7. The predicted molar refractivity (Wildman–Crippen MR) is 142 cm³/mol. The van der Waals surface area contributed by atoms with E-state index in [2.05, 4.69) is 32.9 Å². The van der Waals surface area contributed by atoms with Gasteiger partial charge in [0, 0.05) is 23.2 Å². The van der Waals surface area contributed by atoms with Crippen molar-refractivity contribution in [2.45, 2.75) is 78.0 Å². The molecule has 2 heterocycles. The van der Waals surface area contributed by atoms with E-state index in [1.54, 1.807) is 17.0 Å². The summed E-state index contributed by atoms with van der Waals surface area (Å²) in [5.41, 5.74) is 3.96. The molecule has 3 N–H and O–H groups in total. The Balaban J connectivity index is 1.55. The molecule has 0 bridgehead atoms. The highest BCUT2D eigenvalue weighted by molar-refractivity contribution is 6.11. The zero-order valence-corrected chi connectivity index (χ0v) is 21.9. The summed E-state index contributed by atoms with van der Waals surface area (Å²) in [5.74, 6) is -0.931. The van der Waals surface area contributed by atoms with E-state index in [0.717, 1.165) is 19.3 Å². The van der Waals surface area contributed by atoms with Crippen LogP contribution in [0.15, 0.2) is 53.6 Å². The van der Waals surface area contributed by atoms with Crippen LogP contribution >= 0.6 is 0 Å². The number of carbonyl (C=O) groups excluding carboxylic acids is 1. The van der Waals surface area contributed by atoms with Crippen molar-refractivity contribution in [3.63, 3.8) is 0 Å². The lowest BCUT2D eigenvalue weighted by Crippen LogP contribution is -2.49. The van der Waals surface area contributed by atoms with Gasteiger partial charge >= 0.3 is 5.97 Å². The van der Waals surface area contributed by atoms with Crippen LogP contribution in [0.3, 0.4) is 0 Å². The second kappa shape index (κ2) is 10.4. The van der Waals surface area contributed by atoms with E-state index < -0.39 is 17.7 Å². The molecule has 0 fully saturated rings. The smallest absolute Gasteiger partial charge is 0.335 e. The number of nitrogens with zero attached hydrogens (tertiary/aromatic N) is 1. The van der Waals surface area contributed by atoms with Crippen molar-refractivity contribution in [2.24, 2.45) is 0 Å². The van der Waals surface area contributed by atoms with Crippen LogP contribution in [0.25, 0.3) is 0 Å². The third-order valence-electron chi connectivity index (χ3n) is 7.34. The number of hydrogen-bond acceptors (Lipinski definition) is 5. The quantitative estimate of drug-likeness (QED) is 0.393. The van der Waals surface area contributed by atoms with E-state index in [0.29, 0.717) is 34.5 Å². The van der Waals surface area contributed by atoms with E-state index in [1.165, 1.54) is 29.3 Å². The van der Waals surface area contributed by atoms with Crippen molar-refractivity contribution in [1.29, 1.82) is 0 Å². The van der Waals surface area contributed by atoms with Gasteiger partial charge in [0.2, 0.25) is 0 Å². The summed E-state index contributed by atoms with van der Waals surface area (Å²) in [5, 5.41) is 30.9. The lowest BCUT2D eigenvalue weighted by molar-refractivity contribution is -0.0597. The van der Waals surface area contributed by atoms with E-state index in [9.17, 15) is 19.8 Å². The topological polar surface area (TPSA) is 107 Å². The largest absolute Gasteiger partial charge is 0.508 e. The van der Waals surface area contributed by atoms with Crippen LogP contribution in [0, 0.1) is 0 Å². The van der Waals surface area contributed by atoms with Gasteiger partial charge in [-0.3, -0.25) is 4.79 Å². The van der Waals surface area contributed by atoms with Crippen LogP contribution in [0.1, 0.15) is 85.2 Å². The summed E-state index contributed by atoms with van der Waals surface area (Å²) in [6.45, 7) is 8.41. The molecular weight excluding hydrogens is 470 g/mol. The third kappa shape index (κ3) is 5.42. The number of phenols is 1. The molecule has 4 rings (SSSR count). The van der Waals surface area contributed by atoms with Gasteiger partial charge in [0.05, 0.1) is 23.8 Å². The SMILES string of the molecule is CC(C)=CCC/C(C)=C/CC[C@]1(C)Oc2c(c(O)cc3c2CN(c2ccc(C(=O)O)cc2)C3=O)C[C@@H]1O. The Kier molecular flexibility index (Phi) is 7.46. The minimum absolute atomic E-state index is 0.0683. The highest BCUT2D eigenvalue weighted by atomic mass is 16.5. The fourth-order valence-corrected chi connectivity index (χ4v) is 4.99. The Hall–Kier alpha value is -3.58. The van der Waals surface area contributed by atoms with Crippen molar-refractivity contribution >= 4 is 17.6 Å².